The Hall–Kier alpha value is -1.14. The molecule has 108 valence electrons. The average molecular weight is 289 g/mol. The van der Waals surface area contributed by atoms with E-state index in [-0.39, 0.29) is 11.3 Å². The molecular formula is C12H21ClN4O2. The summed E-state index contributed by atoms with van der Waals surface area (Å²) >= 11 is 5.87. The number of ether oxygens (including phenoxy) is 1. The van der Waals surface area contributed by atoms with E-state index in [1.165, 1.54) is 0 Å². The van der Waals surface area contributed by atoms with Gasteiger partial charge < -0.3 is 14.7 Å². The molecule has 0 unspecified atom stereocenters. The number of hydrogen-bond donors (Lipinski definition) is 1. The maximum Gasteiger partial charge on any atom is 0.322 e. The topological polar surface area (TPSA) is 71.4 Å². The molecular weight excluding hydrogens is 268 g/mol. The molecule has 6 nitrogen and oxygen atoms in total. The first-order valence-corrected chi connectivity index (χ1v) is 6.75. The maximum atomic E-state index is 9.88. The van der Waals surface area contributed by atoms with Crippen molar-refractivity contribution in [3.8, 4) is 6.01 Å². The molecule has 0 aliphatic rings. The van der Waals surface area contributed by atoms with Crippen molar-refractivity contribution >= 4 is 17.5 Å². The number of aliphatic hydroxyl groups is 1. The lowest BCUT2D eigenvalue weighted by atomic mass is 10.1. The van der Waals surface area contributed by atoms with Gasteiger partial charge in [-0.2, -0.15) is 15.0 Å². The first kappa shape index (κ1) is 15.9. The van der Waals surface area contributed by atoms with E-state index in [9.17, 15) is 5.11 Å². The summed E-state index contributed by atoms with van der Waals surface area (Å²) in [6, 6.07) is 0.214. The van der Waals surface area contributed by atoms with E-state index < -0.39 is 5.60 Å². The highest BCUT2D eigenvalue weighted by molar-refractivity contribution is 6.28. The molecule has 0 amide bonds. The van der Waals surface area contributed by atoms with Gasteiger partial charge in [-0.25, -0.2) is 0 Å². The van der Waals surface area contributed by atoms with Gasteiger partial charge in [0.15, 0.2) is 0 Å². The van der Waals surface area contributed by atoms with Crippen LogP contribution in [0, 0.1) is 0 Å². The molecule has 0 spiro atoms. The van der Waals surface area contributed by atoms with Crippen LogP contribution in [0.2, 0.25) is 5.28 Å². The number of aromatic nitrogens is 3. The first-order valence-electron chi connectivity index (χ1n) is 6.37. The van der Waals surface area contributed by atoms with Gasteiger partial charge in [-0.3, -0.25) is 0 Å². The molecule has 1 rings (SSSR count). The molecule has 0 atom stereocenters. The minimum Gasteiger partial charge on any atom is -0.463 e. The normalized spacial score (nSPS) is 11.5. The van der Waals surface area contributed by atoms with Gasteiger partial charge in [0.2, 0.25) is 11.2 Å². The summed E-state index contributed by atoms with van der Waals surface area (Å²) in [5.74, 6) is 0.413. The van der Waals surface area contributed by atoms with Gasteiger partial charge in [0, 0.05) is 13.1 Å². The second-order valence-corrected chi connectivity index (χ2v) is 5.20. The van der Waals surface area contributed by atoms with Crippen molar-refractivity contribution in [3.05, 3.63) is 5.28 Å². The third-order valence-corrected chi connectivity index (χ3v) is 2.42. The van der Waals surface area contributed by atoms with E-state index >= 15 is 0 Å². The Bertz CT molecular complexity index is 409. The smallest absolute Gasteiger partial charge is 0.322 e. The third-order valence-electron chi connectivity index (χ3n) is 2.25. The van der Waals surface area contributed by atoms with E-state index in [2.05, 4.69) is 15.0 Å². The van der Waals surface area contributed by atoms with Crippen molar-refractivity contribution in [3.63, 3.8) is 0 Å². The lowest BCUT2D eigenvalue weighted by Crippen LogP contribution is -2.39. The van der Waals surface area contributed by atoms with Gasteiger partial charge in [0.05, 0.1) is 12.2 Å². The van der Waals surface area contributed by atoms with E-state index in [0.29, 0.717) is 25.6 Å². The van der Waals surface area contributed by atoms with E-state index in [4.69, 9.17) is 16.3 Å². The van der Waals surface area contributed by atoms with Crippen molar-refractivity contribution in [2.24, 2.45) is 0 Å². The summed E-state index contributed by atoms with van der Waals surface area (Å²) in [6.45, 7) is 8.98. The summed E-state index contributed by atoms with van der Waals surface area (Å²) in [5.41, 5.74) is -0.848. The molecule has 0 saturated heterocycles. The quantitative estimate of drug-likeness (QED) is 0.826. The van der Waals surface area contributed by atoms with Crippen LogP contribution in [-0.4, -0.2) is 45.4 Å². The molecule has 1 aromatic rings. The van der Waals surface area contributed by atoms with Gasteiger partial charge in [-0.1, -0.05) is 6.92 Å². The highest BCUT2D eigenvalue weighted by Gasteiger charge is 2.20. The molecule has 0 fully saturated rings. The Morgan fingerprint density at radius 2 is 1.95 bits per heavy atom. The first-order chi connectivity index (χ1) is 8.85. The van der Waals surface area contributed by atoms with Crippen molar-refractivity contribution in [2.45, 2.75) is 39.7 Å². The summed E-state index contributed by atoms with van der Waals surface area (Å²) in [7, 11) is 0. The van der Waals surface area contributed by atoms with Gasteiger partial charge >= 0.3 is 6.01 Å². The number of likely N-dealkylation sites (N-methyl/N-ethyl adjacent to an activating group) is 1. The Kier molecular flexibility index (Phi) is 5.75. The SMILES string of the molecule is CCCOc1nc(Cl)nc(N(CC)CC(C)(C)O)n1. The molecule has 19 heavy (non-hydrogen) atoms. The molecule has 0 aliphatic carbocycles. The summed E-state index contributed by atoms with van der Waals surface area (Å²) in [4.78, 5) is 14.0. The molecule has 1 heterocycles. The monoisotopic (exact) mass is 288 g/mol. The molecule has 0 saturated carbocycles. The standard InChI is InChI=1S/C12H21ClN4O2/c1-5-7-19-11-15-9(13)14-10(16-11)17(6-2)8-12(3,4)18/h18H,5-8H2,1-4H3. The zero-order valence-electron chi connectivity index (χ0n) is 11.9. The van der Waals surface area contributed by atoms with Crippen LogP contribution in [0.5, 0.6) is 6.01 Å². The van der Waals surface area contributed by atoms with Crippen LogP contribution < -0.4 is 9.64 Å². The molecule has 0 bridgehead atoms. The van der Waals surface area contributed by atoms with Gasteiger partial charge in [-0.05, 0) is 38.8 Å². The summed E-state index contributed by atoms with van der Waals surface area (Å²) < 4.78 is 5.37. The van der Waals surface area contributed by atoms with E-state index in [0.717, 1.165) is 6.42 Å². The van der Waals surface area contributed by atoms with Crippen molar-refractivity contribution in [1.82, 2.24) is 15.0 Å². The Labute approximate surface area is 118 Å². The zero-order chi connectivity index (χ0) is 14.5. The lowest BCUT2D eigenvalue weighted by Gasteiger charge is -2.28. The Morgan fingerprint density at radius 3 is 2.47 bits per heavy atom. The van der Waals surface area contributed by atoms with Crippen molar-refractivity contribution in [1.29, 1.82) is 0 Å². The second kappa shape index (κ2) is 6.86. The van der Waals surface area contributed by atoms with Crippen LogP contribution in [0.15, 0.2) is 0 Å². The van der Waals surface area contributed by atoms with Crippen molar-refractivity contribution < 1.29 is 9.84 Å². The molecule has 1 aromatic heterocycles. The number of nitrogens with zero attached hydrogens (tertiary/aromatic N) is 4. The molecule has 0 radical (unpaired) electrons. The maximum absolute atomic E-state index is 9.88. The van der Waals surface area contributed by atoms with Crippen LogP contribution in [0.4, 0.5) is 5.95 Å². The van der Waals surface area contributed by atoms with E-state index in [1.54, 1.807) is 13.8 Å². The summed E-state index contributed by atoms with van der Waals surface area (Å²) in [6.07, 6.45) is 0.861. The summed E-state index contributed by atoms with van der Waals surface area (Å²) in [5, 5.41) is 9.97. The Morgan fingerprint density at radius 1 is 1.26 bits per heavy atom. The molecule has 1 N–H and O–H groups in total. The minimum absolute atomic E-state index is 0.0882. The average Bonchev–Trinajstić information content (AvgIpc) is 2.31. The highest BCUT2D eigenvalue weighted by Crippen LogP contribution is 2.17. The minimum atomic E-state index is -0.848. The Balaban J connectivity index is 2.93. The van der Waals surface area contributed by atoms with Gasteiger partial charge in [0.1, 0.15) is 0 Å². The second-order valence-electron chi connectivity index (χ2n) is 4.86. The fourth-order valence-corrected chi connectivity index (χ4v) is 1.66. The molecule has 0 aliphatic heterocycles. The van der Waals surface area contributed by atoms with Crippen LogP contribution >= 0.6 is 11.6 Å². The van der Waals surface area contributed by atoms with Crippen LogP contribution in [0.25, 0.3) is 0 Å². The van der Waals surface area contributed by atoms with Crippen LogP contribution in [-0.2, 0) is 0 Å². The fraction of sp³-hybridized carbons (Fsp3) is 0.750. The van der Waals surface area contributed by atoms with Gasteiger partial charge in [-0.15, -0.1) is 0 Å². The van der Waals surface area contributed by atoms with Crippen LogP contribution in [0.1, 0.15) is 34.1 Å². The molecule has 0 aromatic carbocycles. The number of halogens is 1. The fourth-order valence-electron chi connectivity index (χ4n) is 1.51. The predicted octanol–water partition coefficient (Wildman–Crippen LogP) is 1.91. The third kappa shape index (κ3) is 5.57. The highest BCUT2D eigenvalue weighted by atomic mass is 35.5. The van der Waals surface area contributed by atoms with Gasteiger partial charge in [0.25, 0.3) is 0 Å². The molecule has 7 heteroatoms. The number of anilines is 1. The lowest BCUT2D eigenvalue weighted by molar-refractivity contribution is 0.0871. The van der Waals surface area contributed by atoms with Crippen molar-refractivity contribution in [2.75, 3.05) is 24.6 Å². The predicted molar refractivity (Wildman–Crippen MR) is 74.8 cm³/mol. The number of hydrogen-bond acceptors (Lipinski definition) is 6. The van der Waals surface area contributed by atoms with E-state index in [1.807, 2.05) is 18.7 Å². The number of rotatable bonds is 7. The van der Waals surface area contributed by atoms with Crippen LogP contribution in [0.3, 0.4) is 0 Å². The largest absolute Gasteiger partial charge is 0.463 e. The zero-order valence-corrected chi connectivity index (χ0v) is 12.6.